The highest BCUT2D eigenvalue weighted by Crippen LogP contribution is 2.34. The van der Waals surface area contributed by atoms with Crippen molar-refractivity contribution < 1.29 is 18.0 Å². The summed E-state index contributed by atoms with van der Waals surface area (Å²) in [5.74, 6) is -1.58. The van der Waals surface area contributed by atoms with E-state index in [9.17, 15) is 18.0 Å². The summed E-state index contributed by atoms with van der Waals surface area (Å²) in [5, 5.41) is 2.42. The molecule has 0 spiro atoms. The Hall–Kier alpha value is -1.15. The topological polar surface area (TPSA) is 59.2 Å². The molecule has 1 aliphatic rings. The zero-order valence-electron chi connectivity index (χ0n) is 10.8. The van der Waals surface area contributed by atoms with Crippen LogP contribution >= 0.6 is 11.3 Å². The first-order valence-electron chi connectivity index (χ1n) is 6.42. The number of rotatable bonds is 3. The van der Waals surface area contributed by atoms with Crippen molar-refractivity contribution in [1.29, 1.82) is 0 Å². The monoisotopic (exact) mass is 307 g/mol. The average molecular weight is 307 g/mol. The third-order valence-corrected chi connectivity index (χ3v) is 4.28. The fourth-order valence-electron chi connectivity index (χ4n) is 2.22. The molecule has 0 aromatic carbocycles. The van der Waals surface area contributed by atoms with Gasteiger partial charge in [-0.3, -0.25) is 4.79 Å². The van der Waals surface area contributed by atoms with Crippen molar-refractivity contribution in [1.82, 2.24) is 9.88 Å². The van der Waals surface area contributed by atoms with Gasteiger partial charge < -0.3 is 10.6 Å². The third kappa shape index (κ3) is 3.49. The summed E-state index contributed by atoms with van der Waals surface area (Å²) < 4.78 is 37.7. The van der Waals surface area contributed by atoms with Gasteiger partial charge in [0, 0.05) is 24.9 Å². The molecule has 1 aliphatic heterocycles. The highest BCUT2D eigenvalue weighted by molar-refractivity contribution is 7.09. The highest BCUT2D eigenvalue weighted by Gasteiger charge is 2.41. The second-order valence-corrected chi connectivity index (χ2v) is 5.72. The van der Waals surface area contributed by atoms with Crippen molar-refractivity contribution in [3.63, 3.8) is 0 Å². The Balaban J connectivity index is 1.94. The molecule has 112 valence electrons. The number of aromatic nitrogens is 1. The molecule has 0 bridgehead atoms. The Kier molecular flexibility index (Phi) is 4.64. The van der Waals surface area contributed by atoms with Crippen LogP contribution in [0.15, 0.2) is 5.38 Å². The van der Waals surface area contributed by atoms with Crippen LogP contribution in [0.3, 0.4) is 0 Å². The van der Waals surface area contributed by atoms with Gasteiger partial charge in [-0.2, -0.15) is 13.2 Å². The van der Waals surface area contributed by atoms with Crippen LogP contribution in [0, 0.1) is 5.92 Å². The maximum atomic E-state index is 12.6. The lowest BCUT2D eigenvalue weighted by Crippen LogP contribution is -2.42. The molecule has 1 saturated heterocycles. The number of carbonyl (C=O) groups is 1. The molecule has 4 nitrogen and oxygen atoms in total. The van der Waals surface area contributed by atoms with Crippen molar-refractivity contribution in [3.8, 4) is 0 Å². The standard InChI is InChI=1S/C12H16F3N3OS/c13-12(14,15)8-2-5-18(6-3-8)11(19)9-7-20-10(17-9)1-4-16/h7-8H,1-6,16H2. The number of thiazole rings is 1. The van der Waals surface area contributed by atoms with Gasteiger partial charge in [-0.25, -0.2) is 4.98 Å². The zero-order chi connectivity index (χ0) is 14.8. The molecule has 8 heteroatoms. The van der Waals surface area contributed by atoms with Crippen LogP contribution in [-0.2, 0) is 6.42 Å². The lowest BCUT2D eigenvalue weighted by atomic mass is 9.96. The highest BCUT2D eigenvalue weighted by atomic mass is 32.1. The SMILES string of the molecule is NCCc1nc(C(=O)N2CCC(C(F)(F)F)CC2)cs1. The molecule has 0 atom stereocenters. The Morgan fingerprint density at radius 2 is 2.10 bits per heavy atom. The molecule has 0 unspecified atom stereocenters. The maximum Gasteiger partial charge on any atom is 0.391 e. The number of nitrogens with zero attached hydrogens (tertiary/aromatic N) is 2. The summed E-state index contributed by atoms with van der Waals surface area (Å²) in [6.07, 6.45) is -3.62. The summed E-state index contributed by atoms with van der Waals surface area (Å²) in [6, 6.07) is 0. The van der Waals surface area contributed by atoms with Crippen molar-refractivity contribution in [2.45, 2.75) is 25.4 Å². The van der Waals surface area contributed by atoms with Crippen LogP contribution in [0.1, 0.15) is 28.3 Å². The number of carbonyl (C=O) groups excluding carboxylic acids is 1. The molecule has 0 radical (unpaired) electrons. The van der Waals surface area contributed by atoms with E-state index in [4.69, 9.17) is 5.73 Å². The van der Waals surface area contributed by atoms with Gasteiger partial charge in [0.1, 0.15) is 5.69 Å². The fourth-order valence-corrected chi connectivity index (χ4v) is 3.01. The number of hydrogen-bond acceptors (Lipinski definition) is 4. The molecule has 1 amide bonds. The number of halogens is 3. The first-order chi connectivity index (χ1) is 9.41. The molecule has 2 N–H and O–H groups in total. The second kappa shape index (κ2) is 6.09. The van der Waals surface area contributed by atoms with Gasteiger partial charge in [0.25, 0.3) is 5.91 Å². The van der Waals surface area contributed by atoms with Crippen molar-refractivity contribution in [2.75, 3.05) is 19.6 Å². The number of piperidine rings is 1. The van der Waals surface area contributed by atoms with Crippen LogP contribution in [0.5, 0.6) is 0 Å². The Labute approximate surface area is 118 Å². The number of likely N-dealkylation sites (tertiary alicyclic amines) is 1. The maximum absolute atomic E-state index is 12.6. The Morgan fingerprint density at radius 3 is 2.65 bits per heavy atom. The quantitative estimate of drug-likeness (QED) is 0.930. The smallest absolute Gasteiger partial charge is 0.337 e. The van der Waals surface area contributed by atoms with Crippen LogP contribution in [0.4, 0.5) is 13.2 Å². The zero-order valence-corrected chi connectivity index (χ0v) is 11.6. The minimum atomic E-state index is -4.16. The van der Waals surface area contributed by atoms with Gasteiger partial charge in [0.2, 0.25) is 0 Å². The summed E-state index contributed by atoms with van der Waals surface area (Å²) in [7, 11) is 0. The van der Waals surface area contributed by atoms with E-state index in [-0.39, 0.29) is 31.8 Å². The minimum Gasteiger partial charge on any atom is -0.337 e. The summed E-state index contributed by atoms with van der Waals surface area (Å²) in [6.45, 7) is 0.720. The van der Waals surface area contributed by atoms with Crippen LogP contribution in [-0.4, -0.2) is 41.6 Å². The van der Waals surface area contributed by atoms with Gasteiger partial charge in [0.05, 0.1) is 10.9 Å². The van der Waals surface area contributed by atoms with Gasteiger partial charge in [-0.15, -0.1) is 11.3 Å². The third-order valence-electron chi connectivity index (χ3n) is 3.37. The number of amides is 1. The lowest BCUT2D eigenvalue weighted by Gasteiger charge is -2.32. The van der Waals surface area contributed by atoms with E-state index in [1.165, 1.54) is 16.2 Å². The Morgan fingerprint density at radius 1 is 1.45 bits per heavy atom. The molecule has 2 rings (SSSR count). The van der Waals surface area contributed by atoms with Gasteiger partial charge in [0.15, 0.2) is 0 Å². The first-order valence-corrected chi connectivity index (χ1v) is 7.30. The predicted octanol–water partition coefficient (Wildman–Crippen LogP) is 2.06. The van der Waals surface area contributed by atoms with E-state index >= 15 is 0 Å². The molecule has 1 fully saturated rings. The molecular weight excluding hydrogens is 291 g/mol. The lowest BCUT2D eigenvalue weighted by molar-refractivity contribution is -0.183. The molecule has 0 saturated carbocycles. The average Bonchev–Trinajstić information content (AvgIpc) is 2.86. The van der Waals surface area contributed by atoms with Crippen molar-refractivity contribution in [3.05, 3.63) is 16.1 Å². The van der Waals surface area contributed by atoms with E-state index in [0.29, 0.717) is 18.7 Å². The van der Waals surface area contributed by atoms with Crippen molar-refractivity contribution in [2.24, 2.45) is 11.7 Å². The minimum absolute atomic E-state index is 0.0327. The van der Waals surface area contributed by atoms with Crippen LogP contribution < -0.4 is 5.73 Å². The van der Waals surface area contributed by atoms with E-state index in [1.54, 1.807) is 5.38 Å². The number of nitrogens with two attached hydrogens (primary N) is 1. The molecule has 1 aromatic heterocycles. The van der Waals surface area contributed by atoms with Gasteiger partial charge >= 0.3 is 6.18 Å². The normalized spacial score (nSPS) is 17.5. The van der Waals surface area contributed by atoms with Crippen LogP contribution in [0.2, 0.25) is 0 Å². The molecule has 0 aliphatic carbocycles. The summed E-state index contributed by atoms with van der Waals surface area (Å²) in [5.41, 5.74) is 5.72. The summed E-state index contributed by atoms with van der Waals surface area (Å²) in [4.78, 5) is 17.7. The van der Waals surface area contributed by atoms with Crippen LogP contribution in [0.25, 0.3) is 0 Å². The largest absolute Gasteiger partial charge is 0.391 e. The van der Waals surface area contributed by atoms with E-state index in [2.05, 4.69) is 4.98 Å². The predicted molar refractivity (Wildman–Crippen MR) is 69.6 cm³/mol. The first kappa shape index (κ1) is 15.2. The second-order valence-electron chi connectivity index (χ2n) is 4.77. The van der Waals surface area contributed by atoms with E-state index in [1.807, 2.05) is 0 Å². The van der Waals surface area contributed by atoms with Gasteiger partial charge in [-0.05, 0) is 19.4 Å². The Bertz CT molecular complexity index is 467. The molecule has 20 heavy (non-hydrogen) atoms. The van der Waals surface area contributed by atoms with E-state index in [0.717, 1.165) is 5.01 Å². The van der Waals surface area contributed by atoms with E-state index < -0.39 is 12.1 Å². The van der Waals surface area contributed by atoms with Crippen molar-refractivity contribution >= 4 is 17.2 Å². The molecule has 2 heterocycles. The summed E-state index contributed by atoms with van der Waals surface area (Å²) >= 11 is 1.35. The number of alkyl halides is 3. The fraction of sp³-hybridized carbons (Fsp3) is 0.667. The van der Waals surface area contributed by atoms with Gasteiger partial charge in [-0.1, -0.05) is 0 Å². The molecular formula is C12H16F3N3OS. The number of hydrogen-bond donors (Lipinski definition) is 1. The molecule has 1 aromatic rings.